The second-order valence-corrected chi connectivity index (χ2v) is 4.53. The van der Waals surface area contributed by atoms with E-state index in [1.54, 1.807) is 0 Å². The van der Waals surface area contributed by atoms with Gasteiger partial charge in [-0.25, -0.2) is 0 Å². The van der Waals surface area contributed by atoms with Gasteiger partial charge in [0.15, 0.2) is 0 Å². The number of nitrogens with zero attached hydrogens (tertiary/aromatic N) is 1. The third kappa shape index (κ3) is 2.16. The molecule has 0 spiro atoms. The summed E-state index contributed by atoms with van der Waals surface area (Å²) < 4.78 is 5.30. The highest BCUT2D eigenvalue weighted by Crippen LogP contribution is 2.26. The molecule has 0 radical (unpaired) electrons. The lowest BCUT2D eigenvalue weighted by Gasteiger charge is -2.05. The summed E-state index contributed by atoms with van der Waals surface area (Å²) in [5.41, 5.74) is 3.36. The van der Waals surface area contributed by atoms with E-state index in [1.165, 1.54) is 5.56 Å². The first kappa shape index (κ1) is 10.9. The fourth-order valence-corrected chi connectivity index (χ4v) is 1.86. The molecule has 16 heavy (non-hydrogen) atoms. The van der Waals surface area contributed by atoms with Crippen LogP contribution in [-0.2, 0) is 6.42 Å². The van der Waals surface area contributed by atoms with Crippen LogP contribution in [0.25, 0.3) is 11.3 Å². The molecular formula is C14H17NO. The van der Waals surface area contributed by atoms with Crippen molar-refractivity contribution in [3.63, 3.8) is 0 Å². The largest absolute Gasteiger partial charge is 0.361 e. The normalized spacial score (nSPS) is 11.0. The monoisotopic (exact) mass is 215 g/mol. The summed E-state index contributed by atoms with van der Waals surface area (Å²) in [6, 6.07) is 10.2. The Balaban J connectivity index is 2.42. The molecule has 0 aliphatic rings. The third-order valence-electron chi connectivity index (χ3n) is 2.64. The lowest BCUT2D eigenvalue weighted by molar-refractivity contribution is 0.397. The molecule has 0 N–H and O–H groups in total. The van der Waals surface area contributed by atoms with E-state index in [0.717, 1.165) is 23.4 Å². The van der Waals surface area contributed by atoms with Crippen LogP contribution in [0.15, 0.2) is 34.9 Å². The third-order valence-corrected chi connectivity index (χ3v) is 2.64. The van der Waals surface area contributed by atoms with Crippen molar-refractivity contribution in [2.75, 3.05) is 0 Å². The molecule has 0 saturated heterocycles. The predicted molar refractivity (Wildman–Crippen MR) is 65.2 cm³/mol. The molecular weight excluding hydrogens is 198 g/mol. The van der Waals surface area contributed by atoms with E-state index in [0.29, 0.717) is 5.92 Å². The van der Waals surface area contributed by atoms with E-state index in [2.05, 4.69) is 31.1 Å². The highest BCUT2D eigenvalue weighted by molar-refractivity contribution is 5.63. The topological polar surface area (TPSA) is 26.0 Å². The summed E-state index contributed by atoms with van der Waals surface area (Å²) >= 11 is 0. The van der Waals surface area contributed by atoms with Crippen LogP contribution < -0.4 is 0 Å². The van der Waals surface area contributed by atoms with Gasteiger partial charge in [0.1, 0.15) is 11.5 Å². The van der Waals surface area contributed by atoms with E-state index in [4.69, 9.17) is 4.52 Å². The van der Waals surface area contributed by atoms with Gasteiger partial charge >= 0.3 is 0 Å². The van der Waals surface area contributed by atoms with Crippen molar-refractivity contribution < 1.29 is 4.52 Å². The zero-order valence-corrected chi connectivity index (χ0v) is 10.0. The number of benzene rings is 1. The zero-order valence-electron chi connectivity index (χ0n) is 10.0. The molecule has 2 rings (SSSR count). The van der Waals surface area contributed by atoms with Crippen molar-refractivity contribution in [2.45, 2.75) is 27.2 Å². The Morgan fingerprint density at radius 1 is 1.19 bits per heavy atom. The molecule has 0 saturated carbocycles. The summed E-state index contributed by atoms with van der Waals surface area (Å²) in [5, 5.41) is 4.16. The van der Waals surface area contributed by atoms with Gasteiger partial charge in [0, 0.05) is 11.1 Å². The van der Waals surface area contributed by atoms with E-state index in [9.17, 15) is 0 Å². The van der Waals surface area contributed by atoms with Crippen LogP contribution in [0, 0.1) is 12.8 Å². The predicted octanol–water partition coefficient (Wildman–Crippen LogP) is 3.85. The van der Waals surface area contributed by atoms with Crippen molar-refractivity contribution in [3.05, 3.63) is 41.7 Å². The van der Waals surface area contributed by atoms with Crippen LogP contribution in [0.1, 0.15) is 25.2 Å². The minimum absolute atomic E-state index is 0.612. The molecule has 1 aromatic carbocycles. The Bertz CT molecular complexity index is 457. The fraction of sp³-hybridized carbons (Fsp3) is 0.357. The fourth-order valence-electron chi connectivity index (χ4n) is 1.86. The van der Waals surface area contributed by atoms with Gasteiger partial charge in [0.2, 0.25) is 0 Å². The SMILES string of the molecule is Cc1onc(-c2ccccc2)c1CC(C)C. The second kappa shape index (κ2) is 4.52. The van der Waals surface area contributed by atoms with E-state index in [1.807, 2.05) is 25.1 Å². The average molecular weight is 215 g/mol. The van der Waals surface area contributed by atoms with Gasteiger partial charge in [0.05, 0.1) is 0 Å². The maximum Gasteiger partial charge on any atom is 0.137 e. The summed E-state index contributed by atoms with van der Waals surface area (Å²) in [7, 11) is 0. The van der Waals surface area contributed by atoms with Crippen LogP contribution >= 0.6 is 0 Å². The molecule has 0 bridgehead atoms. The molecule has 84 valence electrons. The number of aromatic nitrogens is 1. The molecule has 0 aliphatic heterocycles. The Labute approximate surface area is 96.3 Å². The molecule has 2 aromatic rings. The van der Waals surface area contributed by atoms with Crippen LogP contribution in [-0.4, -0.2) is 5.16 Å². The van der Waals surface area contributed by atoms with Crippen LogP contribution in [0.3, 0.4) is 0 Å². The van der Waals surface area contributed by atoms with Crippen molar-refractivity contribution in [1.29, 1.82) is 0 Å². The number of hydrogen-bond acceptors (Lipinski definition) is 2. The average Bonchev–Trinajstić information content (AvgIpc) is 2.61. The molecule has 2 heteroatoms. The molecule has 1 heterocycles. The lowest BCUT2D eigenvalue weighted by Crippen LogP contribution is -1.96. The molecule has 2 nitrogen and oxygen atoms in total. The maximum absolute atomic E-state index is 5.30. The standard InChI is InChI=1S/C14H17NO/c1-10(2)9-13-11(3)16-15-14(13)12-7-5-4-6-8-12/h4-8,10H,9H2,1-3H3. The maximum atomic E-state index is 5.30. The molecule has 0 aliphatic carbocycles. The zero-order chi connectivity index (χ0) is 11.5. The summed E-state index contributed by atoms with van der Waals surface area (Å²) in [4.78, 5) is 0. The van der Waals surface area contributed by atoms with Crippen molar-refractivity contribution in [3.8, 4) is 11.3 Å². The molecule has 1 aromatic heterocycles. The molecule has 0 unspecified atom stereocenters. The van der Waals surface area contributed by atoms with Crippen molar-refractivity contribution >= 4 is 0 Å². The summed E-state index contributed by atoms with van der Waals surface area (Å²) in [6.07, 6.45) is 1.01. The Kier molecular flexibility index (Phi) is 3.09. The van der Waals surface area contributed by atoms with Crippen molar-refractivity contribution in [1.82, 2.24) is 5.16 Å². The first-order valence-corrected chi connectivity index (χ1v) is 5.69. The molecule has 0 atom stereocenters. The Morgan fingerprint density at radius 3 is 2.50 bits per heavy atom. The van der Waals surface area contributed by atoms with Gasteiger partial charge < -0.3 is 4.52 Å². The van der Waals surface area contributed by atoms with Gasteiger partial charge in [-0.2, -0.15) is 0 Å². The van der Waals surface area contributed by atoms with Crippen LogP contribution in [0.5, 0.6) is 0 Å². The van der Waals surface area contributed by atoms with Crippen molar-refractivity contribution in [2.24, 2.45) is 5.92 Å². The smallest absolute Gasteiger partial charge is 0.137 e. The highest BCUT2D eigenvalue weighted by Gasteiger charge is 2.15. The van der Waals surface area contributed by atoms with Gasteiger partial charge in [-0.15, -0.1) is 0 Å². The summed E-state index contributed by atoms with van der Waals surface area (Å²) in [6.45, 7) is 6.40. The second-order valence-electron chi connectivity index (χ2n) is 4.53. The number of rotatable bonds is 3. The quantitative estimate of drug-likeness (QED) is 0.777. The Hall–Kier alpha value is -1.57. The highest BCUT2D eigenvalue weighted by atomic mass is 16.5. The van der Waals surface area contributed by atoms with Crippen LogP contribution in [0.4, 0.5) is 0 Å². The van der Waals surface area contributed by atoms with Gasteiger partial charge in [-0.1, -0.05) is 49.3 Å². The van der Waals surface area contributed by atoms with E-state index >= 15 is 0 Å². The lowest BCUT2D eigenvalue weighted by atomic mass is 9.98. The van der Waals surface area contributed by atoms with Gasteiger partial charge in [0.25, 0.3) is 0 Å². The van der Waals surface area contributed by atoms with E-state index in [-0.39, 0.29) is 0 Å². The van der Waals surface area contributed by atoms with E-state index < -0.39 is 0 Å². The molecule has 0 amide bonds. The van der Waals surface area contributed by atoms with Gasteiger partial charge in [-0.05, 0) is 19.3 Å². The minimum atomic E-state index is 0.612. The first-order valence-electron chi connectivity index (χ1n) is 5.69. The first-order chi connectivity index (χ1) is 7.68. The number of hydrogen-bond donors (Lipinski definition) is 0. The Morgan fingerprint density at radius 2 is 1.88 bits per heavy atom. The minimum Gasteiger partial charge on any atom is -0.361 e. The number of aryl methyl sites for hydroxylation is 1. The summed E-state index contributed by atoms with van der Waals surface area (Å²) in [5.74, 6) is 1.55. The van der Waals surface area contributed by atoms with Crippen LogP contribution in [0.2, 0.25) is 0 Å². The molecule has 0 fully saturated rings. The van der Waals surface area contributed by atoms with Gasteiger partial charge in [-0.3, -0.25) is 0 Å².